The van der Waals surface area contributed by atoms with Crippen molar-refractivity contribution in [1.29, 1.82) is 0 Å². The molecule has 0 unspecified atom stereocenters. The molecule has 0 radical (unpaired) electrons. The topological polar surface area (TPSA) is 92.3 Å². The maximum Gasteiger partial charge on any atom is 0.261 e. The molecule has 3 rings (SSSR count). The van der Waals surface area contributed by atoms with Crippen LogP contribution in [0.25, 0.3) is 0 Å². The van der Waals surface area contributed by atoms with E-state index in [1.165, 1.54) is 36.4 Å². The van der Waals surface area contributed by atoms with Gasteiger partial charge in [0.05, 0.1) is 9.79 Å². The molecule has 0 saturated carbocycles. The molecule has 0 heterocycles. The predicted octanol–water partition coefficient (Wildman–Crippen LogP) is 4.50. The van der Waals surface area contributed by atoms with E-state index in [9.17, 15) is 16.8 Å². The Morgan fingerprint density at radius 3 is 1.45 bits per heavy atom. The van der Waals surface area contributed by atoms with Gasteiger partial charge < -0.3 is 0 Å². The third-order valence-electron chi connectivity index (χ3n) is 4.16. The van der Waals surface area contributed by atoms with E-state index < -0.39 is 20.0 Å². The number of rotatable bonds is 7. The fourth-order valence-electron chi connectivity index (χ4n) is 2.55. The molecule has 6 nitrogen and oxygen atoms in total. The largest absolute Gasteiger partial charge is 0.280 e. The maximum atomic E-state index is 12.5. The second-order valence-electron chi connectivity index (χ2n) is 6.24. The first kappa shape index (κ1) is 21.2. The summed E-state index contributed by atoms with van der Waals surface area (Å²) in [5, 5.41) is 0.494. The third kappa shape index (κ3) is 5.29. The minimum absolute atomic E-state index is 0.00250. The van der Waals surface area contributed by atoms with Gasteiger partial charge in [0.1, 0.15) is 0 Å². The summed E-state index contributed by atoms with van der Waals surface area (Å²) in [7, 11) is -7.58. The molecular weight excluding hydrogens is 432 g/mol. The zero-order valence-corrected chi connectivity index (χ0v) is 17.9. The van der Waals surface area contributed by atoms with Gasteiger partial charge in [0.15, 0.2) is 0 Å². The maximum absolute atomic E-state index is 12.5. The van der Waals surface area contributed by atoms with Crippen molar-refractivity contribution < 1.29 is 16.8 Å². The van der Waals surface area contributed by atoms with Crippen molar-refractivity contribution in [2.24, 2.45) is 0 Å². The third-order valence-corrected chi connectivity index (χ3v) is 7.20. The van der Waals surface area contributed by atoms with Crippen LogP contribution in [0.4, 0.5) is 11.4 Å². The molecule has 0 bridgehead atoms. The fourth-order valence-corrected chi connectivity index (χ4v) is 4.80. The van der Waals surface area contributed by atoms with Gasteiger partial charge in [0.2, 0.25) is 0 Å². The molecular formula is C20H19ClN2O4S2. The molecule has 3 aromatic rings. The Morgan fingerprint density at radius 2 is 1.03 bits per heavy atom. The zero-order valence-electron chi connectivity index (χ0n) is 15.5. The van der Waals surface area contributed by atoms with Crippen molar-refractivity contribution in [3.8, 4) is 0 Å². The Bertz CT molecular complexity index is 1190. The van der Waals surface area contributed by atoms with Gasteiger partial charge in [-0.1, -0.05) is 30.7 Å². The first-order valence-electron chi connectivity index (χ1n) is 8.70. The number of hydrogen-bond donors (Lipinski definition) is 2. The summed E-state index contributed by atoms with van der Waals surface area (Å²) >= 11 is 5.80. The lowest BCUT2D eigenvalue weighted by molar-refractivity contribution is 0.600. The predicted molar refractivity (Wildman–Crippen MR) is 115 cm³/mol. The van der Waals surface area contributed by atoms with Gasteiger partial charge >= 0.3 is 0 Å². The van der Waals surface area contributed by atoms with Gasteiger partial charge in [0, 0.05) is 16.4 Å². The van der Waals surface area contributed by atoms with E-state index in [1.807, 2.05) is 6.92 Å². The molecule has 9 heteroatoms. The Hall–Kier alpha value is -2.55. The van der Waals surface area contributed by atoms with Crippen LogP contribution in [0.5, 0.6) is 0 Å². The first-order valence-corrected chi connectivity index (χ1v) is 12.0. The average molecular weight is 451 g/mol. The van der Waals surface area contributed by atoms with Gasteiger partial charge in [0.25, 0.3) is 20.0 Å². The van der Waals surface area contributed by atoms with Crippen LogP contribution in [-0.4, -0.2) is 16.8 Å². The van der Waals surface area contributed by atoms with Crippen LogP contribution in [-0.2, 0) is 26.5 Å². The van der Waals surface area contributed by atoms with Crippen LogP contribution in [0, 0.1) is 0 Å². The lowest BCUT2D eigenvalue weighted by atomic mass is 10.2. The molecule has 29 heavy (non-hydrogen) atoms. The second-order valence-corrected chi connectivity index (χ2v) is 10.0. The average Bonchev–Trinajstić information content (AvgIpc) is 2.70. The van der Waals surface area contributed by atoms with Crippen molar-refractivity contribution in [2.45, 2.75) is 23.1 Å². The van der Waals surface area contributed by atoms with Crippen LogP contribution in [0.3, 0.4) is 0 Å². The highest BCUT2D eigenvalue weighted by Gasteiger charge is 2.17. The van der Waals surface area contributed by atoms with Crippen molar-refractivity contribution in [3.63, 3.8) is 0 Å². The van der Waals surface area contributed by atoms with Gasteiger partial charge in [-0.05, 0) is 72.6 Å². The van der Waals surface area contributed by atoms with E-state index in [4.69, 9.17) is 11.6 Å². The highest BCUT2D eigenvalue weighted by molar-refractivity contribution is 7.93. The first-order chi connectivity index (χ1) is 13.7. The van der Waals surface area contributed by atoms with E-state index >= 15 is 0 Å². The highest BCUT2D eigenvalue weighted by Crippen LogP contribution is 2.22. The van der Waals surface area contributed by atoms with E-state index in [1.54, 1.807) is 36.4 Å². The summed E-state index contributed by atoms with van der Waals surface area (Å²) in [4.78, 5) is 0.137. The van der Waals surface area contributed by atoms with Crippen LogP contribution < -0.4 is 9.44 Å². The summed E-state index contributed by atoms with van der Waals surface area (Å²) in [5.41, 5.74) is 1.66. The highest BCUT2D eigenvalue weighted by atomic mass is 35.5. The molecule has 0 atom stereocenters. The lowest BCUT2D eigenvalue weighted by Crippen LogP contribution is -2.14. The Labute approximate surface area is 175 Å². The van der Waals surface area contributed by atoms with Gasteiger partial charge in [-0.15, -0.1) is 0 Å². The summed E-state index contributed by atoms with van der Waals surface area (Å²) in [6.07, 6.45) is 0.813. The number of anilines is 2. The van der Waals surface area contributed by atoms with Gasteiger partial charge in [-0.25, -0.2) is 16.8 Å². The number of aryl methyl sites for hydroxylation is 1. The molecule has 0 aromatic heterocycles. The molecule has 3 aromatic carbocycles. The molecule has 0 fully saturated rings. The lowest BCUT2D eigenvalue weighted by Gasteiger charge is -2.11. The summed E-state index contributed by atoms with van der Waals surface area (Å²) < 4.78 is 54.9. The molecule has 152 valence electrons. The van der Waals surface area contributed by atoms with Crippen LogP contribution >= 0.6 is 11.6 Å². The second kappa shape index (κ2) is 8.44. The number of nitrogens with one attached hydrogen (secondary N) is 2. The molecule has 0 aliphatic heterocycles. The number of sulfonamides is 2. The van der Waals surface area contributed by atoms with E-state index in [0.717, 1.165) is 12.0 Å². The molecule has 0 aliphatic rings. The standard InChI is InChI=1S/C20H19ClN2O4S2/c1-2-15-3-11-19(12-4-15)28(24,25)23-18-9-13-20(14-10-18)29(26,27)22-17-7-5-16(21)6-8-17/h3-14,22-23H,2H2,1H3. The van der Waals surface area contributed by atoms with E-state index in [0.29, 0.717) is 10.7 Å². The van der Waals surface area contributed by atoms with E-state index in [2.05, 4.69) is 9.44 Å². The molecule has 0 spiro atoms. The van der Waals surface area contributed by atoms with Gasteiger partial charge in [-0.3, -0.25) is 9.44 Å². The van der Waals surface area contributed by atoms with Gasteiger partial charge in [-0.2, -0.15) is 0 Å². The normalized spacial score (nSPS) is 11.8. The smallest absolute Gasteiger partial charge is 0.261 e. The zero-order chi connectivity index (χ0) is 21.1. The fraction of sp³-hybridized carbons (Fsp3) is 0.100. The van der Waals surface area contributed by atoms with Crippen molar-refractivity contribution >= 4 is 43.0 Å². The minimum Gasteiger partial charge on any atom is -0.280 e. The van der Waals surface area contributed by atoms with Crippen molar-refractivity contribution in [3.05, 3.63) is 83.4 Å². The monoisotopic (exact) mass is 450 g/mol. The van der Waals surface area contributed by atoms with Crippen LogP contribution in [0.15, 0.2) is 82.6 Å². The van der Waals surface area contributed by atoms with Crippen molar-refractivity contribution in [1.82, 2.24) is 0 Å². The number of benzene rings is 3. The summed E-state index contributed by atoms with van der Waals surface area (Å²) in [6, 6.07) is 18.3. The molecule has 0 saturated heterocycles. The van der Waals surface area contributed by atoms with Crippen LogP contribution in [0.2, 0.25) is 5.02 Å². The Morgan fingerprint density at radius 1 is 0.655 bits per heavy atom. The summed E-state index contributed by atoms with van der Waals surface area (Å²) in [5.74, 6) is 0. The minimum atomic E-state index is -3.82. The number of hydrogen-bond acceptors (Lipinski definition) is 4. The molecule has 2 N–H and O–H groups in total. The quantitative estimate of drug-likeness (QED) is 0.554. The summed E-state index contributed by atoms with van der Waals surface area (Å²) in [6.45, 7) is 1.99. The molecule has 0 aliphatic carbocycles. The van der Waals surface area contributed by atoms with Crippen LogP contribution in [0.1, 0.15) is 12.5 Å². The Kier molecular flexibility index (Phi) is 6.16. The van der Waals surface area contributed by atoms with E-state index in [-0.39, 0.29) is 15.5 Å². The number of halogens is 1. The molecule has 0 amide bonds. The SMILES string of the molecule is CCc1ccc(S(=O)(=O)Nc2ccc(S(=O)(=O)Nc3ccc(Cl)cc3)cc2)cc1. The Balaban J connectivity index is 1.75. The van der Waals surface area contributed by atoms with Crippen molar-refractivity contribution in [2.75, 3.05) is 9.44 Å².